The summed E-state index contributed by atoms with van der Waals surface area (Å²) in [5.74, 6) is -0.570. The summed E-state index contributed by atoms with van der Waals surface area (Å²) in [6, 6.07) is 0. The van der Waals surface area contributed by atoms with Gasteiger partial charge in [0.25, 0.3) is 0 Å². The number of aliphatic hydroxyl groups is 1. The quantitative estimate of drug-likeness (QED) is 0.0222. The standard InChI is InChI=1S/C65H126O17P2/c1-7-9-11-13-28-37-43-49-64(69)81-60(53-75-62(67)47-41-33-12-10-8-2)55-79-83(71,72)77-51-59(66)52-78-84(73,74)80-56-61(54-76-63(68)48-42-36-31-26-22-19-18-21-25-30-35-40-46-58(5)6)82-65(70)50-44-38-32-27-23-17-15-14-16-20-24-29-34-39-45-57(3)4/h57-61,66H,7-56H2,1-6H3,(H,71,72)(H,73,74)/t59-,60+,61+/m0/s1. The Bertz CT molecular complexity index is 1650. The predicted octanol–water partition coefficient (Wildman–Crippen LogP) is 18.0. The van der Waals surface area contributed by atoms with E-state index in [1.54, 1.807) is 0 Å². The second-order valence-electron chi connectivity index (χ2n) is 24.5. The normalized spacial score (nSPS) is 14.3. The Balaban J connectivity index is 5.13. The van der Waals surface area contributed by atoms with Crippen LogP contribution in [0.2, 0.25) is 0 Å². The fourth-order valence-electron chi connectivity index (χ4n) is 9.71. The summed E-state index contributed by atoms with van der Waals surface area (Å²) in [5, 5.41) is 10.5. The van der Waals surface area contributed by atoms with Crippen LogP contribution in [-0.2, 0) is 65.4 Å². The monoisotopic (exact) mass is 1240 g/mol. The molecule has 0 radical (unpaired) electrons. The molecule has 0 fully saturated rings. The molecule has 0 saturated heterocycles. The van der Waals surface area contributed by atoms with Gasteiger partial charge in [0.15, 0.2) is 12.2 Å². The number of unbranched alkanes of at least 4 members (excludes halogenated alkanes) is 34. The second kappa shape index (κ2) is 57.5. The maximum Gasteiger partial charge on any atom is 0.472 e. The summed E-state index contributed by atoms with van der Waals surface area (Å²) in [7, 11) is -9.87. The van der Waals surface area contributed by atoms with Crippen molar-refractivity contribution in [3.05, 3.63) is 0 Å². The van der Waals surface area contributed by atoms with E-state index in [4.69, 9.17) is 37.0 Å². The number of phosphoric acid groups is 2. The molecule has 84 heavy (non-hydrogen) atoms. The van der Waals surface area contributed by atoms with Gasteiger partial charge < -0.3 is 33.8 Å². The molecule has 0 amide bonds. The van der Waals surface area contributed by atoms with E-state index in [2.05, 4.69) is 41.5 Å². The minimum absolute atomic E-state index is 0.103. The van der Waals surface area contributed by atoms with Crippen molar-refractivity contribution in [2.45, 2.75) is 342 Å². The van der Waals surface area contributed by atoms with Crippen molar-refractivity contribution < 1.29 is 80.2 Å². The van der Waals surface area contributed by atoms with Crippen LogP contribution in [0.4, 0.5) is 0 Å². The Kier molecular flexibility index (Phi) is 56.2. The van der Waals surface area contributed by atoms with E-state index in [1.807, 2.05) is 0 Å². The van der Waals surface area contributed by atoms with Crippen LogP contribution in [0, 0.1) is 11.8 Å². The summed E-state index contributed by atoms with van der Waals surface area (Å²) in [6.07, 6.45) is 40.8. The number of phosphoric ester groups is 2. The van der Waals surface area contributed by atoms with Gasteiger partial charge in [-0.3, -0.25) is 37.3 Å². The highest BCUT2D eigenvalue weighted by Gasteiger charge is 2.30. The molecule has 0 saturated carbocycles. The summed E-state index contributed by atoms with van der Waals surface area (Å²) in [5.41, 5.74) is 0. The van der Waals surface area contributed by atoms with Gasteiger partial charge in [-0.1, -0.05) is 273 Å². The molecule has 0 aromatic heterocycles. The number of aliphatic hydroxyl groups excluding tert-OH is 1. The lowest BCUT2D eigenvalue weighted by atomic mass is 10.0. The Morgan fingerprint density at radius 2 is 0.548 bits per heavy atom. The Morgan fingerprint density at radius 1 is 0.321 bits per heavy atom. The first-order chi connectivity index (χ1) is 40.4. The van der Waals surface area contributed by atoms with Crippen LogP contribution >= 0.6 is 15.6 Å². The zero-order valence-corrected chi connectivity index (χ0v) is 56.0. The second-order valence-corrected chi connectivity index (χ2v) is 27.4. The van der Waals surface area contributed by atoms with Gasteiger partial charge in [0.05, 0.1) is 26.4 Å². The molecule has 498 valence electrons. The van der Waals surface area contributed by atoms with Crippen molar-refractivity contribution in [3.63, 3.8) is 0 Å². The number of ether oxygens (including phenoxy) is 4. The maximum atomic E-state index is 13.0. The van der Waals surface area contributed by atoms with E-state index in [-0.39, 0.29) is 25.7 Å². The highest BCUT2D eigenvalue weighted by molar-refractivity contribution is 7.47. The van der Waals surface area contributed by atoms with Gasteiger partial charge >= 0.3 is 39.5 Å². The van der Waals surface area contributed by atoms with Crippen molar-refractivity contribution in [3.8, 4) is 0 Å². The summed E-state index contributed by atoms with van der Waals surface area (Å²) < 4.78 is 67.7. The lowest BCUT2D eigenvalue weighted by Crippen LogP contribution is -2.30. The number of carbonyl (C=O) groups is 4. The van der Waals surface area contributed by atoms with Gasteiger partial charge in [-0.25, -0.2) is 9.13 Å². The molecule has 2 unspecified atom stereocenters. The lowest BCUT2D eigenvalue weighted by molar-refractivity contribution is -0.161. The van der Waals surface area contributed by atoms with Crippen molar-refractivity contribution in [1.82, 2.24) is 0 Å². The number of hydrogen-bond donors (Lipinski definition) is 3. The average molecular weight is 1240 g/mol. The number of esters is 4. The molecule has 0 bridgehead atoms. The van der Waals surface area contributed by atoms with Crippen LogP contribution < -0.4 is 0 Å². The van der Waals surface area contributed by atoms with Crippen LogP contribution in [0.3, 0.4) is 0 Å². The highest BCUT2D eigenvalue weighted by atomic mass is 31.2. The van der Waals surface area contributed by atoms with Crippen molar-refractivity contribution in [2.75, 3.05) is 39.6 Å². The first-order valence-corrected chi connectivity index (χ1v) is 37.0. The molecule has 0 heterocycles. The molecule has 3 N–H and O–H groups in total. The number of carbonyl (C=O) groups excluding carboxylic acids is 4. The Hall–Kier alpha value is -1.94. The van der Waals surface area contributed by atoms with Gasteiger partial charge in [0.2, 0.25) is 0 Å². The molecule has 0 aromatic carbocycles. The van der Waals surface area contributed by atoms with Gasteiger partial charge in [-0.15, -0.1) is 0 Å². The third-order valence-electron chi connectivity index (χ3n) is 15.0. The van der Waals surface area contributed by atoms with Crippen LogP contribution in [0.25, 0.3) is 0 Å². The van der Waals surface area contributed by atoms with E-state index in [0.717, 1.165) is 121 Å². The van der Waals surface area contributed by atoms with Crippen LogP contribution in [0.15, 0.2) is 0 Å². The maximum absolute atomic E-state index is 13.0. The van der Waals surface area contributed by atoms with Crippen LogP contribution in [0.5, 0.6) is 0 Å². The van der Waals surface area contributed by atoms with E-state index < -0.39 is 97.5 Å². The highest BCUT2D eigenvalue weighted by Crippen LogP contribution is 2.45. The number of hydrogen-bond acceptors (Lipinski definition) is 15. The molecular formula is C65H126O17P2. The van der Waals surface area contributed by atoms with Crippen LogP contribution in [-0.4, -0.2) is 96.7 Å². The van der Waals surface area contributed by atoms with Gasteiger partial charge in [-0.05, 0) is 37.5 Å². The van der Waals surface area contributed by atoms with Crippen molar-refractivity contribution in [2.24, 2.45) is 11.8 Å². The van der Waals surface area contributed by atoms with Crippen molar-refractivity contribution >= 4 is 39.5 Å². The zero-order valence-electron chi connectivity index (χ0n) is 54.2. The molecule has 0 spiro atoms. The summed E-state index contributed by atoms with van der Waals surface area (Å²) in [6.45, 7) is 9.41. The Labute approximate surface area is 511 Å². The van der Waals surface area contributed by atoms with Crippen LogP contribution in [0.1, 0.15) is 324 Å². The lowest BCUT2D eigenvalue weighted by Gasteiger charge is -2.21. The minimum Gasteiger partial charge on any atom is -0.462 e. The molecule has 0 aliphatic rings. The van der Waals surface area contributed by atoms with E-state index in [1.165, 1.54) is 122 Å². The molecular weight excluding hydrogens is 1110 g/mol. The number of rotatable bonds is 64. The SMILES string of the molecule is CCCCCCCCCC(=O)O[C@H](COC(=O)CCCCCCC)COP(=O)(O)OC[C@H](O)COP(=O)(O)OC[C@@H](COC(=O)CCCCCCCCCCCCCCC(C)C)OC(=O)CCCCCCCCCCCCCCCCC(C)C. The van der Waals surface area contributed by atoms with Gasteiger partial charge in [-0.2, -0.15) is 0 Å². The smallest absolute Gasteiger partial charge is 0.462 e. The summed E-state index contributed by atoms with van der Waals surface area (Å²) in [4.78, 5) is 71.9. The third kappa shape index (κ3) is 59.0. The molecule has 17 nitrogen and oxygen atoms in total. The molecule has 0 rings (SSSR count). The molecule has 0 aliphatic carbocycles. The van der Waals surface area contributed by atoms with E-state index in [9.17, 15) is 43.2 Å². The third-order valence-corrected chi connectivity index (χ3v) is 16.9. The average Bonchev–Trinajstić information content (AvgIpc) is 3.60. The molecule has 0 aromatic rings. The minimum atomic E-state index is -4.94. The van der Waals surface area contributed by atoms with Crippen molar-refractivity contribution in [1.29, 1.82) is 0 Å². The van der Waals surface area contributed by atoms with Gasteiger partial charge in [0, 0.05) is 25.7 Å². The zero-order chi connectivity index (χ0) is 62.2. The van der Waals surface area contributed by atoms with E-state index >= 15 is 0 Å². The predicted molar refractivity (Wildman–Crippen MR) is 335 cm³/mol. The molecule has 19 heteroatoms. The molecule has 0 aliphatic heterocycles. The summed E-state index contributed by atoms with van der Waals surface area (Å²) >= 11 is 0. The Morgan fingerprint density at radius 3 is 0.810 bits per heavy atom. The van der Waals surface area contributed by atoms with E-state index in [0.29, 0.717) is 25.7 Å². The first-order valence-electron chi connectivity index (χ1n) is 34.0. The first kappa shape index (κ1) is 82.1. The fraction of sp³-hybridized carbons (Fsp3) is 0.938. The van der Waals surface area contributed by atoms with Gasteiger partial charge in [0.1, 0.15) is 19.3 Å². The largest absolute Gasteiger partial charge is 0.472 e. The topological polar surface area (TPSA) is 237 Å². The fourth-order valence-corrected chi connectivity index (χ4v) is 11.3. The molecule has 5 atom stereocenters.